The lowest BCUT2D eigenvalue weighted by Crippen LogP contribution is -2.31. The van der Waals surface area contributed by atoms with Gasteiger partial charge in [0, 0.05) is 33.1 Å². The van der Waals surface area contributed by atoms with Crippen molar-refractivity contribution in [2.24, 2.45) is 0 Å². The number of carbonyl (C=O) groups is 1. The minimum atomic E-state index is 0.0501. The fraction of sp³-hybridized carbons (Fsp3) is 0.389. The summed E-state index contributed by atoms with van der Waals surface area (Å²) >= 11 is 0. The Bertz CT molecular complexity index is 505. The Morgan fingerprint density at radius 3 is 2.90 bits per heavy atom. The topological polar surface area (TPSA) is 32.3 Å². The summed E-state index contributed by atoms with van der Waals surface area (Å²) in [4.78, 5) is 13.3. The van der Waals surface area contributed by atoms with E-state index in [1.165, 1.54) is 11.1 Å². The van der Waals surface area contributed by atoms with Crippen molar-refractivity contribution in [1.29, 1.82) is 0 Å². The lowest BCUT2D eigenvalue weighted by Gasteiger charge is -2.26. The first-order valence-corrected chi connectivity index (χ1v) is 7.60. The molecule has 112 valence electrons. The maximum Gasteiger partial charge on any atom is 0.216 e. The number of nitrogens with one attached hydrogen (secondary N) is 1. The molecule has 21 heavy (non-hydrogen) atoms. The van der Waals surface area contributed by atoms with Gasteiger partial charge in [0.1, 0.15) is 0 Å². The standard InChI is InChI=1S/C18H24N2O/c1-16(21)19-12-11-18-10-6-14-20(15-18)13-5-9-17-7-3-2-4-8-17/h2-5,7-10H,6,11-15H2,1H3,(H,19,21). The van der Waals surface area contributed by atoms with E-state index < -0.39 is 0 Å². The molecule has 0 saturated heterocycles. The molecule has 0 unspecified atom stereocenters. The number of amides is 1. The van der Waals surface area contributed by atoms with Gasteiger partial charge >= 0.3 is 0 Å². The molecule has 0 saturated carbocycles. The van der Waals surface area contributed by atoms with E-state index in [1.54, 1.807) is 6.92 Å². The Hall–Kier alpha value is -1.87. The van der Waals surface area contributed by atoms with Crippen LogP contribution in [0.5, 0.6) is 0 Å². The molecular weight excluding hydrogens is 260 g/mol. The van der Waals surface area contributed by atoms with Gasteiger partial charge in [-0.25, -0.2) is 0 Å². The summed E-state index contributed by atoms with van der Waals surface area (Å²) in [6.07, 6.45) is 8.79. The van der Waals surface area contributed by atoms with Crippen LogP contribution >= 0.6 is 0 Å². The van der Waals surface area contributed by atoms with E-state index in [4.69, 9.17) is 0 Å². The van der Waals surface area contributed by atoms with Crippen LogP contribution in [-0.4, -0.2) is 37.0 Å². The molecule has 0 bridgehead atoms. The third-order valence-electron chi connectivity index (χ3n) is 3.60. The van der Waals surface area contributed by atoms with Crippen molar-refractivity contribution in [1.82, 2.24) is 10.2 Å². The maximum absolute atomic E-state index is 10.9. The monoisotopic (exact) mass is 284 g/mol. The van der Waals surface area contributed by atoms with Crippen LogP contribution in [-0.2, 0) is 4.79 Å². The third kappa shape index (κ3) is 5.96. The molecule has 2 rings (SSSR count). The van der Waals surface area contributed by atoms with Crippen LogP contribution in [0.15, 0.2) is 48.1 Å². The fourth-order valence-electron chi connectivity index (χ4n) is 2.52. The quantitative estimate of drug-likeness (QED) is 0.815. The van der Waals surface area contributed by atoms with Crippen LogP contribution in [0, 0.1) is 0 Å². The van der Waals surface area contributed by atoms with Crippen LogP contribution in [0.4, 0.5) is 0 Å². The summed E-state index contributed by atoms with van der Waals surface area (Å²) in [6.45, 7) is 5.42. The normalized spacial score (nSPS) is 16.0. The summed E-state index contributed by atoms with van der Waals surface area (Å²) in [5.41, 5.74) is 2.68. The van der Waals surface area contributed by atoms with E-state index in [9.17, 15) is 4.79 Å². The van der Waals surface area contributed by atoms with Gasteiger partial charge in [-0.15, -0.1) is 0 Å². The smallest absolute Gasteiger partial charge is 0.216 e. The van der Waals surface area contributed by atoms with Crippen LogP contribution < -0.4 is 5.32 Å². The van der Waals surface area contributed by atoms with Gasteiger partial charge < -0.3 is 5.32 Å². The number of carbonyl (C=O) groups excluding carboxylic acids is 1. The van der Waals surface area contributed by atoms with Gasteiger partial charge in [-0.1, -0.05) is 54.1 Å². The van der Waals surface area contributed by atoms with Crippen LogP contribution in [0.2, 0.25) is 0 Å². The van der Waals surface area contributed by atoms with Gasteiger partial charge in [0.15, 0.2) is 0 Å². The van der Waals surface area contributed by atoms with Gasteiger partial charge in [-0.3, -0.25) is 9.69 Å². The van der Waals surface area contributed by atoms with Crippen molar-refractivity contribution in [2.75, 3.05) is 26.2 Å². The molecule has 0 atom stereocenters. The van der Waals surface area contributed by atoms with Gasteiger partial charge in [0.25, 0.3) is 0 Å². The predicted octanol–water partition coefficient (Wildman–Crippen LogP) is 2.86. The first kappa shape index (κ1) is 15.5. The molecule has 3 heteroatoms. The fourth-order valence-corrected chi connectivity index (χ4v) is 2.52. The van der Waals surface area contributed by atoms with E-state index in [0.717, 1.165) is 39.0 Å². The number of hydrogen-bond acceptors (Lipinski definition) is 2. The number of nitrogens with zero attached hydrogens (tertiary/aromatic N) is 1. The summed E-state index contributed by atoms with van der Waals surface area (Å²) in [6, 6.07) is 10.4. The molecule has 0 spiro atoms. The van der Waals surface area contributed by atoms with Gasteiger partial charge in [0.05, 0.1) is 0 Å². The Morgan fingerprint density at radius 1 is 1.33 bits per heavy atom. The highest BCUT2D eigenvalue weighted by Gasteiger charge is 2.10. The molecule has 1 amide bonds. The molecule has 3 nitrogen and oxygen atoms in total. The van der Waals surface area contributed by atoms with Crippen molar-refractivity contribution in [2.45, 2.75) is 19.8 Å². The van der Waals surface area contributed by atoms with Crippen LogP contribution in [0.3, 0.4) is 0 Å². The molecular formula is C18H24N2O. The van der Waals surface area contributed by atoms with Gasteiger partial charge in [-0.2, -0.15) is 0 Å². The highest BCUT2D eigenvalue weighted by atomic mass is 16.1. The van der Waals surface area contributed by atoms with E-state index in [-0.39, 0.29) is 5.91 Å². The summed E-state index contributed by atoms with van der Waals surface area (Å²) < 4.78 is 0. The maximum atomic E-state index is 10.9. The molecule has 1 aliphatic heterocycles. The number of hydrogen-bond donors (Lipinski definition) is 1. The zero-order chi connectivity index (χ0) is 14.9. The number of benzene rings is 1. The molecule has 1 aromatic carbocycles. The lowest BCUT2D eigenvalue weighted by atomic mass is 10.1. The van der Waals surface area contributed by atoms with E-state index in [0.29, 0.717) is 0 Å². The van der Waals surface area contributed by atoms with Crippen molar-refractivity contribution in [3.8, 4) is 0 Å². The first-order chi connectivity index (χ1) is 10.2. The number of rotatable bonds is 6. The van der Waals surface area contributed by atoms with Gasteiger partial charge in [-0.05, 0) is 18.4 Å². The average molecular weight is 284 g/mol. The molecule has 1 heterocycles. The molecule has 0 aromatic heterocycles. The Balaban J connectivity index is 1.74. The van der Waals surface area contributed by atoms with E-state index in [1.807, 2.05) is 6.07 Å². The zero-order valence-electron chi connectivity index (χ0n) is 12.7. The molecule has 1 aromatic rings. The highest BCUT2D eigenvalue weighted by Crippen LogP contribution is 2.12. The predicted molar refractivity (Wildman–Crippen MR) is 87.9 cm³/mol. The van der Waals surface area contributed by atoms with Gasteiger partial charge in [0.2, 0.25) is 5.91 Å². The Morgan fingerprint density at radius 2 is 2.14 bits per heavy atom. The minimum absolute atomic E-state index is 0.0501. The SMILES string of the molecule is CC(=O)NCCC1=CCCN(CC=Cc2ccccc2)C1. The third-order valence-corrected chi connectivity index (χ3v) is 3.60. The molecule has 0 aliphatic carbocycles. The Labute approximate surface area is 127 Å². The average Bonchev–Trinajstić information content (AvgIpc) is 2.48. The largest absolute Gasteiger partial charge is 0.356 e. The summed E-state index contributed by atoms with van der Waals surface area (Å²) in [7, 11) is 0. The lowest BCUT2D eigenvalue weighted by molar-refractivity contribution is -0.118. The van der Waals surface area contributed by atoms with Crippen LogP contribution in [0.1, 0.15) is 25.3 Å². The van der Waals surface area contributed by atoms with E-state index in [2.05, 4.69) is 52.7 Å². The second kappa shape index (κ2) is 8.42. The second-order valence-electron chi connectivity index (χ2n) is 5.43. The molecule has 0 fully saturated rings. The Kier molecular flexibility index (Phi) is 6.22. The molecule has 1 aliphatic rings. The summed E-state index contributed by atoms with van der Waals surface area (Å²) in [5.74, 6) is 0.0501. The molecule has 0 radical (unpaired) electrons. The van der Waals surface area contributed by atoms with Crippen LogP contribution in [0.25, 0.3) is 6.08 Å². The van der Waals surface area contributed by atoms with Crippen molar-refractivity contribution < 1.29 is 4.79 Å². The minimum Gasteiger partial charge on any atom is -0.356 e. The van der Waals surface area contributed by atoms with Crippen molar-refractivity contribution in [3.63, 3.8) is 0 Å². The second-order valence-corrected chi connectivity index (χ2v) is 5.43. The van der Waals surface area contributed by atoms with Crippen molar-refractivity contribution >= 4 is 12.0 Å². The molecule has 1 N–H and O–H groups in total. The van der Waals surface area contributed by atoms with Crippen molar-refractivity contribution in [3.05, 3.63) is 53.6 Å². The summed E-state index contributed by atoms with van der Waals surface area (Å²) in [5, 5.41) is 2.86. The zero-order valence-corrected chi connectivity index (χ0v) is 12.7. The first-order valence-electron chi connectivity index (χ1n) is 7.60. The highest BCUT2D eigenvalue weighted by molar-refractivity contribution is 5.72. The van der Waals surface area contributed by atoms with E-state index >= 15 is 0 Å².